The first-order valence-electron chi connectivity index (χ1n) is 5.09. The van der Waals surface area contributed by atoms with E-state index in [-0.39, 0.29) is 4.90 Å². The molecule has 0 aliphatic heterocycles. The van der Waals surface area contributed by atoms with Crippen molar-refractivity contribution in [1.29, 1.82) is 0 Å². The van der Waals surface area contributed by atoms with Gasteiger partial charge in [-0.3, -0.25) is 4.79 Å². The Morgan fingerprint density at radius 3 is 2.41 bits per heavy atom. The molecule has 0 heterocycles. The smallest absolute Gasteiger partial charge is 0.235 e. The largest absolute Gasteiger partial charge is 0.368 e. The average molecular weight is 256 g/mol. The fourth-order valence-corrected chi connectivity index (χ4v) is 3.20. The van der Waals surface area contributed by atoms with Crippen LogP contribution in [0.1, 0.15) is 11.1 Å². The number of carbonyl (C=O) groups excluding carboxylic acids is 1. The van der Waals surface area contributed by atoms with E-state index in [2.05, 4.69) is 0 Å². The highest BCUT2D eigenvalue weighted by Crippen LogP contribution is 2.18. The molecule has 1 aromatic carbocycles. The van der Waals surface area contributed by atoms with E-state index in [0.29, 0.717) is 5.56 Å². The molecular weight excluding hydrogens is 240 g/mol. The molecule has 0 saturated carbocycles. The van der Waals surface area contributed by atoms with Gasteiger partial charge in [0.25, 0.3) is 0 Å². The SMILES string of the molecule is Cc1ccc(S(=O)(=O)CC(N)C(N)=O)c(C)c1. The van der Waals surface area contributed by atoms with Crippen LogP contribution in [0.3, 0.4) is 0 Å². The molecule has 0 aliphatic rings. The fourth-order valence-electron chi connectivity index (χ4n) is 1.56. The number of benzene rings is 1. The number of hydrogen-bond acceptors (Lipinski definition) is 4. The Morgan fingerprint density at radius 1 is 1.35 bits per heavy atom. The van der Waals surface area contributed by atoms with E-state index in [0.717, 1.165) is 5.56 Å². The molecule has 17 heavy (non-hydrogen) atoms. The molecule has 0 bridgehead atoms. The minimum absolute atomic E-state index is 0.194. The number of carbonyl (C=O) groups is 1. The van der Waals surface area contributed by atoms with Crippen LogP contribution in [0.5, 0.6) is 0 Å². The van der Waals surface area contributed by atoms with Gasteiger partial charge < -0.3 is 11.5 Å². The summed E-state index contributed by atoms with van der Waals surface area (Å²) in [6, 6.07) is 3.81. The lowest BCUT2D eigenvalue weighted by Gasteiger charge is -2.11. The molecule has 1 aromatic rings. The lowest BCUT2D eigenvalue weighted by Crippen LogP contribution is -2.42. The zero-order valence-electron chi connectivity index (χ0n) is 9.80. The zero-order chi connectivity index (χ0) is 13.2. The Morgan fingerprint density at radius 2 is 1.94 bits per heavy atom. The quantitative estimate of drug-likeness (QED) is 0.784. The van der Waals surface area contributed by atoms with Crippen LogP contribution in [0.4, 0.5) is 0 Å². The Balaban J connectivity index is 3.10. The molecular formula is C11H16N2O3S. The third kappa shape index (κ3) is 3.28. The third-order valence-corrected chi connectivity index (χ3v) is 4.36. The second-order valence-corrected chi connectivity index (χ2v) is 6.06. The molecule has 0 fully saturated rings. The van der Waals surface area contributed by atoms with Gasteiger partial charge in [0.2, 0.25) is 5.91 Å². The van der Waals surface area contributed by atoms with Gasteiger partial charge in [-0.1, -0.05) is 17.7 Å². The molecule has 1 unspecified atom stereocenters. The maximum atomic E-state index is 12.0. The van der Waals surface area contributed by atoms with E-state index in [1.54, 1.807) is 19.1 Å². The second-order valence-electron chi connectivity index (χ2n) is 4.06. The van der Waals surface area contributed by atoms with E-state index in [1.807, 2.05) is 6.92 Å². The van der Waals surface area contributed by atoms with Gasteiger partial charge in [0.05, 0.1) is 16.7 Å². The van der Waals surface area contributed by atoms with Crippen LogP contribution >= 0.6 is 0 Å². The first-order valence-corrected chi connectivity index (χ1v) is 6.74. The van der Waals surface area contributed by atoms with Gasteiger partial charge in [0, 0.05) is 0 Å². The maximum absolute atomic E-state index is 12.0. The highest BCUT2D eigenvalue weighted by molar-refractivity contribution is 7.91. The van der Waals surface area contributed by atoms with Crippen LogP contribution in [0, 0.1) is 13.8 Å². The number of hydrogen-bond donors (Lipinski definition) is 2. The van der Waals surface area contributed by atoms with Crippen molar-refractivity contribution in [3.8, 4) is 0 Å². The van der Waals surface area contributed by atoms with Crippen LogP contribution in [-0.2, 0) is 14.6 Å². The first kappa shape index (κ1) is 13.7. The number of amides is 1. The maximum Gasteiger partial charge on any atom is 0.235 e. The van der Waals surface area contributed by atoms with E-state index >= 15 is 0 Å². The minimum atomic E-state index is -3.58. The highest BCUT2D eigenvalue weighted by atomic mass is 32.2. The van der Waals surface area contributed by atoms with Crippen LogP contribution in [0.15, 0.2) is 23.1 Å². The average Bonchev–Trinajstić information content (AvgIpc) is 2.15. The summed E-state index contributed by atoms with van der Waals surface area (Å²) in [6.07, 6.45) is 0. The van der Waals surface area contributed by atoms with Crippen molar-refractivity contribution in [2.45, 2.75) is 24.8 Å². The van der Waals surface area contributed by atoms with Crippen LogP contribution in [-0.4, -0.2) is 26.1 Å². The van der Waals surface area contributed by atoms with Gasteiger partial charge in [-0.2, -0.15) is 0 Å². The summed E-state index contributed by atoms with van der Waals surface area (Å²) < 4.78 is 24.0. The number of aryl methyl sites for hydroxylation is 2. The van der Waals surface area contributed by atoms with Gasteiger partial charge in [-0.25, -0.2) is 8.42 Å². The molecule has 1 amide bonds. The van der Waals surface area contributed by atoms with E-state index in [9.17, 15) is 13.2 Å². The lowest BCUT2D eigenvalue weighted by atomic mass is 10.2. The molecule has 94 valence electrons. The van der Waals surface area contributed by atoms with Crippen LogP contribution in [0.2, 0.25) is 0 Å². The van der Waals surface area contributed by atoms with E-state index in [1.165, 1.54) is 6.07 Å². The topological polar surface area (TPSA) is 103 Å². The summed E-state index contributed by atoms with van der Waals surface area (Å²) in [5.74, 6) is -1.29. The van der Waals surface area contributed by atoms with Gasteiger partial charge in [0.15, 0.2) is 9.84 Å². The fraction of sp³-hybridized carbons (Fsp3) is 0.364. The summed E-state index contributed by atoms with van der Waals surface area (Å²) in [4.78, 5) is 11.0. The molecule has 1 atom stereocenters. The van der Waals surface area contributed by atoms with E-state index in [4.69, 9.17) is 11.5 Å². The van der Waals surface area contributed by atoms with Gasteiger partial charge in [-0.05, 0) is 25.5 Å². The van der Waals surface area contributed by atoms with Crippen LogP contribution < -0.4 is 11.5 Å². The van der Waals surface area contributed by atoms with E-state index < -0.39 is 27.5 Å². The van der Waals surface area contributed by atoms with Crippen molar-refractivity contribution in [1.82, 2.24) is 0 Å². The predicted molar refractivity (Wildman–Crippen MR) is 65.1 cm³/mol. The normalized spacial score (nSPS) is 13.4. The number of primary amides is 1. The highest BCUT2D eigenvalue weighted by Gasteiger charge is 2.23. The number of nitrogens with two attached hydrogens (primary N) is 2. The summed E-state index contributed by atoms with van der Waals surface area (Å²) >= 11 is 0. The standard InChI is InChI=1S/C11H16N2O3S/c1-7-3-4-10(8(2)5-7)17(15,16)6-9(12)11(13)14/h3-5,9H,6,12H2,1-2H3,(H2,13,14). The lowest BCUT2D eigenvalue weighted by molar-refractivity contribution is -0.118. The van der Waals surface area contributed by atoms with Crippen molar-refractivity contribution in [3.63, 3.8) is 0 Å². The Labute approximate surface area is 101 Å². The molecule has 1 rings (SSSR count). The predicted octanol–water partition coefficient (Wildman–Crippen LogP) is -0.110. The van der Waals surface area contributed by atoms with Gasteiger partial charge >= 0.3 is 0 Å². The van der Waals surface area contributed by atoms with Crippen molar-refractivity contribution < 1.29 is 13.2 Å². The van der Waals surface area contributed by atoms with Gasteiger partial charge in [-0.15, -0.1) is 0 Å². The second kappa shape index (κ2) is 4.85. The molecule has 4 N–H and O–H groups in total. The molecule has 0 aliphatic carbocycles. The van der Waals surface area contributed by atoms with Crippen molar-refractivity contribution >= 4 is 15.7 Å². The molecule has 0 saturated heterocycles. The third-order valence-electron chi connectivity index (χ3n) is 2.43. The van der Waals surface area contributed by atoms with Crippen molar-refractivity contribution in [3.05, 3.63) is 29.3 Å². The van der Waals surface area contributed by atoms with Crippen LogP contribution in [0.25, 0.3) is 0 Å². The summed E-state index contributed by atoms with van der Waals surface area (Å²) in [5.41, 5.74) is 11.9. The summed E-state index contributed by atoms with van der Waals surface area (Å²) in [6.45, 7) is 3.58. The molecule has 0 aromatic heterocycles. The van der Waals surface area contributed by atoms with Crippen molar-refractivity contribution in [2.75, 3.05) is 5.75 Å². The monoisotopic (exact) mass is 256 g/mol. The Bertz CT molecular complexity index is 538. The molecule has 5 nitrogen and oxygen atoms in total. The van der Waals surface area contributed by atoms with Crippen molar-refractivity contribution in [2.24, 2.45) is 11.5 Å². The zero-order valence-corrected chi connectivity index (χ0v) is 10.6. The summed E-state index contributed by atoms with van der Waals surface area (Å²) in [5, 5.41) is 0. The van der Waals surface area contributed by atoms with Gasteiger partial charge in [0.1, 0.15) is 0 Å². The molecule has 0 radical (unpaired) electrons. The number of sulfone groups is 1. The Kier molecular flexibility index (Phi) is 3.90. The molecule has 6 heteroatoms. The Hall–Kier alpha value is -1.40. The molecule has 0 spiro atoms. The minimum Gasteiger partial charge on any atom is -0.368 e. The number of rotatable bonds is 4. The summed E-state index contributed by atoms with van der Waals surface area (Å²) in [7, 11) is -3.58. The first-order chi connectivity index (χ1) is 7.74.